The van der Waals surface area contributed by atoms with Gasteiger partial charge in [0, 0.05) is 18.7 Å². The molecule has 0 aliphatic carbocycles. The normalized spacial score (nSPS) is 13.2. The van der Waals surface area contributed by atoms with Crippen molar-refractivity contribution < 1.29 is 9.26 Å². The third-order valence-electron chi connectivity index (χ3n) is 4.16. The van der Waals surface area contributed by atoms with Crippen molar-refractivity contribution in [2.75, 3.05) is 7.11 Å². The van der Waals surface area contributed by atoms with Gasteiger partial charge in [-0.05, 0) is 37.1 Å². The van der Waals surface area contributed by atoms with Gasteiger partial charge in [-0.3, -0.25) is 0 Å². The quantitative estimate of drug-likeness (QED) is 0.373. The molecule has 144 valence electrons. The van der Waals surface area contributed by atoms with E-state index in [1.165, 1.54) is 0 Å². The predicted octanol–water partition coefficient (Wildman–Crippen LogP) is 5.87. The van der Waals surface area contributed by atoms with E-state index < -0.39 is 0 Å². The van der Waals surface area contributed by atoms with Gasteiger partial charge in [0.05, 0.1) is 27.7 Å². The van der Waals surface area contributed by atoms with Gasteiger partial charge in [-0.15, -0.1) is 0 Å². The molecule has 2 aromatic carbocycles. The molecule has 1 atom stereocenters. The first kappa shape index (κ1) is 20.3. The van der Waals surface area contributed by atoms with Crippen LogP contribution in [0.4, 0.5) is 0 Å². The highest BCUT2D eigenvalue weighted by atomic mass is 35.5. The maximum absolute atomic E-state index is 6.07. The molecule has 7 heteroatoms. The summed E-state index contributed by atoms with van der Waals surface area (Å²) in [5, 5.41) is 13.4. The van der Waals surface area contributed by atoms with Crippen molar-refractivity contribution in [1.29, 1.82) is 0 Å². The number of benzene rings is 2. The second kappa shape index (κ2) is 9.15. The molecule has 0 bridgehead atoms. The van der Waals surface area contributed by atoms with Crippen molar-refractivity contribution in [3.05, 3.63) is 86.7 Å². The van der Waals surface area contributed by atoms with Gasteiger partial charge in [0.15, 0.2) is 5.76 Å². The van der Waals surface area contributed by atoms with E-state index in [0.29, 0.717) is 15.8 Å². The maximum atomic E-state index is 6.07. The van der Waals surface area contributed by atoms with Gasteiger partial charge in [-0.2, -0.15) is 10.2 Å². The van der Waals surface area contributed by atoms with Crippen LogP contribution in [0.5, 0.6) is 0 Å². The highest BCUT2D eigenvalue weighted by Crippen LogP contribution is 2.28. The van der Waals surface area contributed by atoms with Crippen molar-refractivity contribution in [3.63, 3.8) is 0 Å². The van der Waals surface area contributed by atoms with E-state index in [4.69, 9.17) is 32.5 Å². The van der Waals surface area contributed by atoms with Gasteiger partial charge in [0.25, 0.3) is 0 Å². The van der Waals surface area contributed by atoms with Gasteiger partial charge >= 0.3 is 0 Å². The average Bonchev–Trinajstić information content (AvgIpc) is 3.11. The Kier molecular flexibility index (Phi) is 6.62. The fourth-order valence-corrected chi connectivity index (χ4v) is 3.03. The number of methoxy groups -OCH3 is 1. The second-order valence-electron chi connectivity index (χ2n) is 6.17. The van der Waals surface area contributed by atoms with Gasteiger partial charge in [0.1, 0.15) is 6.10 Å². The van der Waals surface area contributed by atoms with Crippen molar-refractivity contribution in [2.24, 2.45) is 10.2 Å². The first-order valence-electron chi connectivity index (χ1n) is 8.57. The topological polar surface area (TPSA) is 60.0 Å². The molecule has 0 unspecified atom stereocenters. The lowest BCUT2D eigenvalue weighted by molar-refractivity contribution is 0.109. The van der Waals surface area contributed by atoms with Crippen LogP contribution in [0.3, 0.4) is 0 Å². The van der Waals surface area contributed by atoms with E-state index in [0.717, 1.165) is 28.1 Å². The highest BCUT2D eigenvalue weighted by Gasteiger charge is 2.20. The zero-order valence-corrected chi connectivity index (χ0v) is 17.2. The van der Waals surface area contributed by atoms with E-state index in [1.54, 1.807) is 25.5 Å². The van der Waals surface area contributed by atoms with E-state index >= 15 is 0 Å². The summed E-state index contributed by atoms with van der Waals surface area (Å²) in [6.45, 7) is 3.73. The molecule has 1 aromatic heterocycles. The highest BCUT2D eigenvalue weighted by molar-refractivity contribution is 6.42. The van der Waals surface area contributed by atoms with Crippen LogP contribution < -0.4 is 0 Å². The van der Waals surface area contributed by atoms with Crippen LogP contribution >= 0.6 is 23.2 Å². The summed E-state index contributed by atoms with van der Waals surface area (Å²) in [6, 6.07) is 15.0. The molecule has 28 heavy (non-hydrogen) atoms. The monoisotopic (exact) mass is 415 g/mol. The molecule has 0 aliphatic heterocycles. The molecule has 0 saturated heterocycles. The van der Waals surface area contributed by atoms with Crippen LogP contribution in [-0.4, -0.2) is 24.2 Å². The van der Waals surface area contributed by atoms with Crippen LogP contribution in [0, 0.1) is 6.92 Å². The molecule has 0 N–H and O–H groups in total. The summed E-state index contributed by atoms with van der Waals surface area (Å²) < 4.78 is 11.0. The standard InChI is InChI=1S/C21H19Cl2N3O2/c1-13-10-20(28-26-13)21(27-3)17-7-5-4-6-16(17)12-24-25-14(2)15-8-9-18(22)19(23)11-15/h4-12,21H,1-3H3/b24-12+,25-14+/t21-/m0/s1. The van der Waals surface area contributed by atoms with Crippen LogP contribution in [0.2, 0.25) is 10.0 Å². The van der Waals surface area contributed by atoms with Crippen LogP contribution in [0.25, 0.3) is 0 Å². The van der Waals surface area contributed by atoms with Crippen molar-refractivity contribution in [1.82, 2.24) is 5.16 Å². The summed E-state index contributed by atoms with van der Waals surface area (Å²) in [5.41, 5.74) is 4.15. The summed E-state index contributed by atoms with van der Waals surface area (Å²) in [4.78, 5) is 0. The van der Waals surface area contributed by atoms with E-state index in [1.807, 2.05) is 50.2 Å². The number of nitrogens with zero attached hydrogens (tertiary/aromatic N) is 3. The summed E-state index contributed by atoms with van der Waals surface area (Å²) in [7, 11) is 1.63. The molecular formula is C21H19Cl2N3O2. The summed E-state index contributed by atoms with van der Waals surface area (Å²) in [5.74, 6) is 0.635. The van der Waals surface area contributed by atoms with Crippen LogP contribution in [0.15, 0.2) is 63.3 Å². The lowest BCUT2D eigenvalue weighted by Gasteiger charge is -2.14. The molecule has 0 amide bonds. The van der Waals surface area contributed by atoms with Crippen molar-refractivity contribution in [3.8, 4) is 0 Å². The number of ether oxygens (including phenoxy) is 1. The Morgan fingerprint density at radius 1 is 1.14 bits per heavy atom. The Labute approximate surface area is 173 Å². The van der Waals surface area contributed by atoms with Crippen molar-refractivity contribution in [2.45, 2.75) is 20.0 Å². The number of aryl methyl sites for hydroxylation is 1. The zero-order chi connectivity index (χ0) is 20.1. The molecule has 1 heterocycles. The SMILES string of the molecule is CO[C@H](c1cc(C)no1)c1ccccc1/C=N/N=C(\C)c1ccc(Cl)c(Cl)c1. The molecule has 0 saturated carbocycles. The molecule has 3 rings (SSSR count). The van der Waals surface area contributed by atoms with Crippen molar-refractivity contribution >= 4 is 35.1 Å². The summed E-state index contributed by atoms with van der Waals surface area (Å²) in [6.07, 6.45) is 1.30. The lowest BCUT2D eigenvalue weighted by Crippen LogP contribution is -2.06. The zero-order valence-electron chi connectivity index (χ0n) is 15.7. The minimum absolute atomic E-state index is 0.385. The number of rotatable bonds is 6. The Bertz CT molecular complexity index is 1030. The predicted molar refractivity (Wildman–Crippen MR) is 113 cm³/mol. The Balaban J connectivity index is 1.87. The molecule has 3 aromatic rings. The smallest absolute Gasteiger partial charge is 0.170 e. The number of hydrogen-bond donors (Lipinski definition) is 0. The van der Waals surface area contributed by atoms with Crippen LogP contribution in [-0.2, 0) is 4.74 Å². The largest absolute Gasteiger partial charge is 0.369 e. The molecule has 5 nitrogen and oxygen atoms in total. The van der Waals surface area contributed by atoms with Gasteiger partial charge in [0.2, 0.25) is 0 Å². The minimum Gasteiger partial charge on any atom is -0.369 e. The maximum Gasteiger partial charge on any atom is 0.170 e. The molecule has 0 fully saturated rings. The van der Waals surface area contributed by atoms with Gasteiger partial charge in [-0.1, -0.05) is 58.7 Å². The summed E-state index contributed by atoms with van der Waals surface area (Å²) >= 11 is 12.0. The number of aromatic nitrogens is 1. The first-order valence-corrected chi connectivity index (χ1v) is 9.33. The van der Waals surface area contributed by atoms with E-state index in [2.05, 4.69) is 15.4 Å². The molecular weight excluding hydrogens is 397 g/mol. The van der Waals surface area contributed by atoms with E-state index in [-0.39, 0.29) is 6.10 Å². The van der Waals surface area contributed by atoms with E-state index in [9.17, 15) is 0 Å². The fraction of sp³-hybridized carbons (Fsp3) is 0.190. The Hall–Kier alpha value is -2.47. The Morgan fingerprint density at radius 3 is 2.61 bits per heavy atom. The number of halogens is 2. The second-order valence-corrected chi connectivity index (χ2v) is 6.99. The Morgan fingerprint density at radius 2 is 1.93 bits per heavy atom. The fourth-order valence-electron chi connectivity index (χ4n) is 2.73. The molecule has 0 aliphatic rings. The lowest BCUT2D eigenvalue weighted by atomic mass is 10.0. The van der Waals surface area contributed by atoms with Gasteiger partial charge in [-0.25, -0.2) is 0 Å². The average molecular weight is 416 g/mol. The minimum atomic E-state index is -0.385. The molecule has 0 spiro atoms. The van der Waals surface area contributed by atoms with Gasteiger partial charge < -0.3 is 9.26 Å². The third-order valence-corrected chi connectivity index (χ3v) is 4.90. The first-order chi connectivity index (χ1) is 13.5. The molecule has 0 radical (unpaired) electrons. The number of hydrogen-bond acceptors (Lipinski definition) is 5. The third kappa shape index (κ3) is 4.68. The van der Waals surface area contributed by atoms with Crippen LogP contribution in [0.1, 0.15) is 41.2 Å².